The SMILES string of the molecule is CC1NNC(CO)C(O)[C@@H]1O. The molecule has 0 amide bonds. The van der Waals surface area contributed by atoms with E-state index < -0.39 is 18.2 Å². The number of aliphatic hydroxyl groups excluding tert-OH is 3. The van der Waals surface area contributed by atoms with Crippen LogP contribution in [-0.2, 0) is 0 Å². The van der Waals surface area contributed by atoms with Crippen LogP contribution in [0.4, 0.5) is 0 Å². The molecule has 0 saturated carbocycles. The monoisotopic (exact) mass is 162 g/mol. The van der Waals surface area contributed by atoms with E-state index in [0.717, 1.165) is 0 Å². The van der Waals surface area contributed by atoms with Crippen molar-refractivity contribution in [2.45, 2.75) is 31.2 Å². The van der Waals surface area contributed by atoms with Crippen LogP contribution in [0.2, 0.25) is 0 Å². The van der Waals surface area contributed by atoms with E-state index in [-0.39, 0.29) is 12.6 Å². The molecule has 11 heavy (non-hydrogen) atoms. The molecule has 5 N–H and O–H groups in total. The Hall–Kier alpha value is -0.200. The number of hydrogen-bond donors (Lipinski definition) is 5. The lowest BCUT2D eigenvalue weighted by molar-refractivity contribution is -0.0639. The molecular weight excluding hydrogens is 148 g/mol. The van der Waals surface area contributed by atoms with Crippen molar-refractivity contribution in [3.8, 4) is 0 Å². The summed E-state index contributed by atoms with van der Waals surface area (Å²) in [6.45, 7) is 1.55. The first kappa shape index (κ1) is 8.89. The third-order valence-corrected chi connectivity index (χ3v) is 1.97. The first-order chi connectivity index (χ1) is 5.16. The third-order valence-electron chi connectivity index (χ3n) is 1.97. The molecule has 1 saturated heterocycles. The summed E-state index contributed by atoms with van der Waals surface area (Å²) in [5, 5.41) is 27.3. The fraction of sp³-hybridized carbons (Fsp3) is 1.00. The van der Waals surface area contributed by atoms with Gasteiger partial charge in [-0.05, 0) is 6.92 Å². The first-order valence-electron chi connectivity index (χ1n) is 3.65. The minimum atomic E-state index is -0.906. The number of hydrazine groups is 1. The van der Waals surface area contributed by atoms with Crippen molar-refractivity contribution in [3.63, 3.8) is 0 Å². The van der Waals surface area contributed by atoms with Crippen LogP contribution in [0.1, 0.15) is 6.92 Å². The summed E-state index contributed by atoms with van der Waals surface area (Å²) in [5.41, 5.74) is 5.43. The Bertz CT molecular complexity index is 131. The normalized spacial score (nSPS) is 45.8. The smallest absolute Gasteiger partial charge is 0.100 e. The van der Waals surface area contributed by atoms with Crippen molar-refractivity contribution in [1.82, 2.24) is 10.9 Å². The zero-order valence-electron chi connectivity index (χ0n) is 6.36. The van der Waals surface area contributed by atoms with Crippen LogP contribution in [-0.4, -0.2) is 46.2 Å². The Balaban J connectivity index is 2.52. The van der Waals surface area contributed by atoms with Crippen LogP contribution in [0.3, 0.4) is 0 Å². The Kier molecular flexibility index (Phi) is 2.80. The highest BCUT2D eigenvalue weighted by Crippen LogP contribution is 2.07. The van der Waals surface area contributed by atoms with Gasteiger partial charge in [-0.25, -0.2) is 5.43 Å². The van der Waals surface area contributed by atoms with Gasteiger partial charge in [-0.15, -0.1) is 0 Å². The maximum absolute atomic E-state index is 9.30. The second kappa shape index (κ2) is 3.46. The molecule has 0 aromatic carbocycles. The molecule has 3 unspecified atom stereocenters. The van der Waals surface area contributed by atoms with Crippen LogP contribution in [0.25, 0.3) is 0 Å². The second-order valence-corrected chi connectivity index (χ2v) is 2.85. The summed E-state index contributed by atoms with van der Waals surface area (Å²) in [6.07, 6.45) is -1.73. The molecule has 66 valence electrons. The first-order valence-corrected chi connectivity index (χ1v) is 3.65. The van der Waals surface area contributed by atoms with Crippen LogP contribution in [0, 0.1) is 0 Å². The summed E-state index contributed by atoms with van der Waals surface area (Å²) in [7, 11) is 0. The Labute approximate surface area is 65.0 Å². The van der Waals surface area contributed by atoms with Crippen molar-refractivity contribution in [2.75, 3.05) is 6.61 Å². The number of rotatable bonds is 1. The minimum Gasteiger partial charge on any atom is -0.395 e. The van der Waals surface area contributed by atoms with Gasteiger partial charge < -0.3 is 15.3 Å². The van der Waals surface area contributed by atoms with Gasteiger partial charge >= 0.3 is 0 Å². The average Bonchev–Trinajstić information content (AvgIpc) is 2.01. The summed E-state index contributed by atoms with van der Waals surface area (Å²) < 4.78 is 0. The van der Waals surface area contributed by atoms with E-state index >= 15 is 0 Å². The molecule has 1 aliphatic heterocycles. The number of aliphatic hydroxyl groups is 3. The maximum Gasteiger partial charge on any atom is 0.100 e. The number of nitrogens with one attached hydrogen (secondary N) is 2. The van der Waals surface area contributed by atoms with E-state index in [1.54, 1.807) is 6.92 Å². The van der Waals surface area contributed by atoms with Crippen LogP contribution in [0.5, 0.6) is 0 Å². The lowest BCUT2D eigenvalue weighted by Crippen LogP contribution is -2.66. The molecule has 0 aromatic heterocycles. The van der Waals surface area contributed by atoms with Crippen molar-refractivity contribution < 1.29 is 15.3 Å². The average molecular weight is 162 g/mol. The van der Waals surface area contributed by atoms with Crippen LogP contribution < -0.4 is 10.9 Å². The highest BCUT2D eigenvalue weighted by molar-refractivity contribution is 4.89. The van der Waals surface area contributed by atoms with Gasteiger partial charge in [-0.2, -0.15) is 0 Å². The summed E-state index contributed by atoms with van der Waals surface area (Å²) >= 11 is 0. The predicted molar refractivity (Wildman–Crippen MR) is 38.6 cm³/mol. The summed E-state index contributed by atoms with van der Waals surface area (Å²) in [4.78, 5) is 0. The van der Waals surface area contributed by atoms with Crippen LogP contribution >= 0.6 is 0 Å². The van der Waals surface area contributed by atoms with Gasteiger partial charge in [0.1, 0.15) is 6.10 Å². The molecule has 1 aliphatic rings. The topological polar surface area (TPSA) is 84.8 Å². The third kappa shape index (κ3) is 1.69. The van der Waals surface area contributed by atoms with Crippen LogP contribution in [0.15, 0.2) is 0 Å². The Morgan fingerprint density at radius 2 is 1.82 bits per heavy atom. The van der Waals surface area contributed by atoms with E-state index in [4.69, 9.17) is 5.11 Å². The fourth-order valence-corrected chi connectivity index (χ4v) is 1.10. The molecule has 0 aromatic rings. The van der Waals surface area contributed by atoms with Gasteiger partial charge in [0, 0.05) is 6.04 Å². The highest BCUT2D eigenvalue weighted by atomic mass is 16.3. The second-order valence-electron chi connectivity index (χ2n) is 2.85. The molecule has 0 spiro atoms. The van der Waals surface area contributed by atoms with Gasteiger partial charge in [-0.3, -0.25) is 5.43 Å². The maximum atomic E-state index is 9.30. The van der Waals surface area contributed by atoms with Gasteiger partial charge in [0.2, 0.25) is 0 Å². The van der Waals surface area contributed by atoms with Crippen molar-refractivity contribution in [1.29, 1.82) is 0 Å². The molecule has 1 rings (SSSR count). The van der Waals surface area contributed by atoms with Gasteiger partial charge in [0.25, 0.3) is 0 Å². The van der Waals surface area contributed by atoms with Crippen molar-refractivity contribution in [2.24, 2.45) is 0 Å². The Morgan fingerprint density at radius 3 is 2.36 bits per heavy atom. The van der Waals surface area contributed by atoms with Gasteiger partial charge in [0.05, 0.1) is 18.8 Å². The molecule has 5 heteroatoms. The molecule has 1 heterocycles. The molecule has 0 bridgehead atoms. The van der Waals surface area contributed by atoms with E-state index in [1.165, 1.54) is 0 Å². The number of hydrogen-bond acceptors (Lipinski definition) is 5. The molecular formula is C6H14N2O3. The zero-order chi connectivity index (χ0) is 8.43. The standard InChI is InChI=1S/C6H14N2O3/c1-3-5(10)6(11)4(2-9)8-7-3/h3-11H,2H2,1H3/t3?,4?,5-,6?/m1/s1. The lowest BCUT2D eigenvalue weighted by atomic mass is 9.99. The molecule has 1 fully saturated rings. The van der Waals surface area contributed by atoms with Gasteiger partial charge in [-0.1, -0.05) is 0 Å². The fourth-order valence-electron chi connectivity index (χ4n) is 1.10. The van der Waals surface area contributed by atoms with E-state index in [1.807, 2.05) is 0 Å². The summed E-state index contributed by atoms with van der Waals surface area (Å²) in [6, 6.07) is -0.686. The molecule has 0 radical (unpaired) electrons. The Morgan fingerprint density at radius 1 is 1.18 bits per heavy atom. The van der Waals surface area contributed by atoms with E-state index in [0.29, 0.717) is 0 Å². The molecule has 5 nitrogen and oxygen atoms in total. The van der Waals surface area contributed by atoms with Gasteiger partial charge in [0.15, 0.2) is 0 Å². The lowest BCUT2D eigenvalue weighted by Gasteiger charge is -2.36. The highest BCUT2D eigenvalue weighted by Gasteiger charge is 2.34. The predicted octanol–water partition coefficient (Wildman–Crippen LogP) is -2.43. The van der Waals surface area contributed by atoms with Crippen molar-refractivity contribution >= 4 is 0 Å². The quantitative estimate of drug-likeness (QED) is 0.296. The van der Waals surface area contributed by atoms with E-state index in [9.17, 15) is 10.2 Å². The summed E-state index contributed by atoms with van der Waals surface area (Å²) in [5.74, 6) is 0. The van der Waals surface area contributed by atoms with Crippen molar-refractivity contribution in [3.05, 3.63) is 0 Å². The molecule has 0 aliphatic carbocycles. The van der Waals surface area contributed by atoms with E-state index in [2.05, 4.69) is 10.9 Å². The largest absolute Gasteiger partial charge is 0.395 e. The molecule has 4 atom stereocenters. The minimum absolute atomic E-state index is 0.196. The zero-order valence-corrected chi connectivity index (χ0v) is 6.36.